The molecule has 1 unspecified atom stereocenters. The monoisotopic (exact) mass is 475 g/mol. The quantitative estimate of drug-likeness (QED) is 0.207. The lowest BCUT2D eigenvalue weighted by Gasteiger charge is -2.42. The van der Waals surface area contributed by atoms with Crippen molar-refractivity contribution in [3.63, 3.8) is 0 Å². The Morgan fingerprint density at radius 2 is 1.71 bits per heavy atom. The van der Waals surface area contributed by atoms with Gasteiger partial charge in [0.15, 0.2) is 0 Å². The molecule has 0 spiro atoms. The molecule has 2 fully saturated rings. The Morgan fingerprint density at radius 3 is 2.46 bits per heavy atom. The van der Waals surface area contributed by atoms with Crippen molar-refractivity contribution in [2.75, 3.05) is 0 Å². The number of ether oxygens (including phenoxy) is 1. The summed E-state index contributed by atoms with van der Waals surface area (Å²) in [6, 6.07) is 13.3. The standard InChI is InChI=1S/C31H38FNO2/c1-2-3-4-5-6-7-22-8-9-27-19-26(15-14-25(27)18-22)23-10-12-24(13-11-23)31(34)35-29-17-16-28(21-33)30(32)20-29/h10-13,16-17,20,22,25-27H,2-9,14-15,18-19H2,1H3/t22-,25-,26?,27+/m0/s1. The van der Waals surface area contributed by atoms with Crippen LogP contribution in [0.2, 0.25) is 0 Å². The Morgan fingerprint density at radius 1 is 0.971 bits per heavy atom. The van der Waals surface area contributed by atoms with Crippen molar-refractivity contribution in [3.8, 4) is 11.8 Å². The van der Waals surface area contributed by atoms with E-state index in [2.05, 4.69) is 19.1 Å². The summed E-state index contributed by atoms with van der Waals surface area (Å²) in [6.45, 7) is 2.28. The summed E-state index contributed by atoms with van der Waals surface area (Å²) in [6.07, 6.45) is 16.4. The number of unbranched alkanes of at least 4 members (excludes halogenated alkanes) is 4. The Kier molecular flexibility index (Phi) is 8.96. The number of hydrogen-bond acceptors (Lipinski definition) is 3. The molecular formula is C31H38FNO2. The maximum Gasteiger partial charge on any atom is 0.343 e. The molecule has 2 aromatic carbocycles. The maximum atomic E-state index is 13.8. The van der Waals surface area contributed by atoms with Crippen LogP contribution >= 0.6 is 0 Å². The number of esters is 1. The summed E-state index contributed by atoms with van der Waals surface area (Å²) in [5.74, 6) is 2.17. The molecule has 186 valence electrons. The van der Waals surface area contributed by atoms with Gasteiger partial charge < -0.3 is 4.74 Å². The lowest BCUT2D eigenvalue weighted by molar-refractivity contribution is 0.0734. The minimum absolute atomic E-state index is 0.0697. The highest BCUT2D eigenvalue weighted by atomic mass is 19.1. The normalized spacial score (nSPS) is 23.8. The van der Waals surface area contributed by atoms with E-state index < -0.39 is 11.8 Å². The van der Waals surface area contributed by atoms with Crippen LogP contribution in [0.1, 0.15) is 111 Å². The van der Waals surface area contributed by atoms with Gasteiger partial charge in [-0.15, -0.1) is 0 Å². The van der Waals surface area contributed by atoms with Crippen LogP contribution in [0, 0.1) is 34.9 Å². The molecule has 2 aliphatic rings. The molecule has 0 N–H and O–H groups in total. The number of carbonyl (C=O) groups is 1. The van der Waals surface area contributed by atoms with E-state index in [1.54, 1.807) is 6.07 Å². The van der Waals surface area contributed by atoms with Crippen molar-refractivity contribution in [1.82, 2.24) is 0 Å². The second-order valence-electron chi connectivity index (χ2n) is 10.7. The number of carbonyl (C=O) groups excluding carboxylic acids is 1. The molecule has 2 saturated carbocycles. The first-order chi connectivity index (χ1) is 17.1. The first-order valence-corrected chi connectivity index (χ1v) is 13.6. The maximum absolute atomic E-state index is 13.8. The van der Waals surface area contributed by atoms with Crippen molar-refractivity contribution in [3.05, 3.63) is 65.0 Å². The zero-order chi connectivity index (χ0) is 24.6. The van der Waals surface area contributed by atoms with Gasteiger partial charge in [0, 0.05) is 6.07 Å². The van der Waals surface area contributed by atoms with E-state index in [1.807, 2.05) is 12.1 Å². The highest BCUT2D eigenvalue weighted by molar-refractivity contribution is 5.91. The highest BCUT2D eigenvalue weighted by Gasteiger charge is 2.35. The largest absolute Gasteiger partial charge is 0.423 e. The number of fused-ring (bicyclic) bond motifs is 1. The van der Waals surface area contributed by atoms with Crippen molar-refractivity contribution in [1.29, 1.82) is 5.26 Å². The molecule has 0 aliphatic heterocycles. The number of hydrogen-bond donors (Lipinski definition) is 0. The average molecular weight is 476 g/mol. The lowest BCUT2D eigenvalue weighted by atomic mass is 9.63. The molecule has 4 atom stereocenters. The van der Waals surface area contributed by atoms with E-state index in [9.17, 15) is 9.18 Å². The summed E-state index contributed by atoms with van der Waals surface area (Å²) in [4.78, 5) is 12.5. The molecule has 2 aromatic rings. The fourth-order valence-corrected chi connectivity index (χ4v) is 6.30. The lowest BCUT2D eigenvalue weighted by Crippen LogP contribution is -2.30. The van der Waals surface area contributed by atoms with E-state index >= 15 is 0 Å². The molecule has 0 amide bonds. The molecule has 35 heavy (non-hydrogen) atoms. The van der Waals surface area contributed by atoms with E-state index in [4.69, 9.17) is 10.00 Å². The summed E-state index contributed by atoms with van der Waals surface area (Å²) in [5, 5.41) is 8.84. The van der Waals surface area contributed by atoms with Crippen LogP contribution in [-0.4, -0.2) is 5.97 Å². The Balaban J connectivity index is 1.26. The number of benzene rings is 2. The van der Waals surface area contributed by atoms with Gasteiger partial charge in [-0.3, -0.25) is 0 Å². The van der Waals surface area contributed by atoms with Gasteiger partial charge in [0.25, 0.3) is 0 Å². The second-order valence-corrected chi connectivity index (χ2v) is 10.7. The predicted octanol–water partition coefficient (Wildman–Crippen LogP) is 8.58. The fraction of sp³-hybridized carbons (Fsp3) is 0.548. The van der Waals surface area contributed by atoms with Crippen LogP contribution in [0.5, 0.6) is 5.75 Å². The van der Waals surface area contributed by atoms with E-state index in [0.29, 0.717) is 11.5 Å². The van der Waals surface area contributed by atoms with Crippen LogP contribution in [-0.2, 0) is 0 Å². The molecule has 3 nitrogen and oxygen atoms in total. The number of halogens is 1. The van der Waals surface area contributed by atoms with Crippen molar-refractivity contribution in [2.24, 2.45) is 17.8 Å². The van der Waals surface area contributed by atoms with Gasteiger partial charge in [0.1, 0.15) is 17.6 Å². The van der Waals surface area contributed by atoms with Gasteiger partial charge in [0.2, 0.25) is 0 Å². The average Bonchev–Trinajstić information content (AvgIpc) is 2.88. The Bertz CT molecular complexity index is 1030. The topological polar surface area (TPSA) is 50.1 Å². The van der Waals surface area contributed by atoms with E-state index in [0.717, 1.165) is 23.8 Å². The smallest absolute Gasteiger partial charge is 0.343 e. The highest BCUT2D eigenvalue weighted by Crippen LogP contribution is 2.48. The van der Waals surface area contributed by atoms with Gasteiger partial charge in [-0.2, -0.15) is 5.26 Å². The van der Waals surface area contributed by atoms with Crippen LogP contribution in [0.25, 0.3) is 0 Å². The fourth-order valence-electron chi connectivity index (χ4n) is 6.30. The first-order valence-electron chi connectivity index (χ1n) is 13.6. The third-order valence-electron chi connectivity index (χ3n) is 8.33. The molecule has 4 heteroatoms. The van der Waals surface area contributed by atoms with Crippen LogP contribution in [0.15, 0.2) is 42.5 Å². The summed E-state index contributed by atoms with van der Waals surface area (Å²) >= 11 is 0. The van der Waals surface area contributed by atoms with Gasteiger partial charge in [0.05, 0.1) is 11.1 Å². The minimum atomic E-state index is -0.690. The van der Waals surface area contributed by atoms with Crippen LogP contribution < -0.4 is 4.74 Å². The van der Waals surface area contributed by atoms with Crippen LogP contribution in [0.3, 0.4) is 0 Å². The Hall–Kier alpha value is -2.67. The molecule has 2 aliphatic carbocycles. The number of rotatable bonds is 9. The number of nitriles is 1. The molecule has 0 saturated heterocycles. The van der Waals surface area contributed by atoms with Gasteiger partial charge in [-0.1, -0.05) is 64.0 Å². The van der Waals surface area contributed by atoms with E-state index in [-0.39, 0.29) is 11.3 Å². The summed E-state index contributed by atoms with van der Waals surface area (Å²) in [5.41, 5.74) is 1.69. The second kappa shape index (κ2) is 12.3. The molecule has 4 rings (SSSR count). The molecule has 0 radical (unpaired) electrons. The van der Waals surface area contributed by atoms with Crippen molar-refractivity contribution >= 4 is 5.97 Å². The molecule has 0 aromatic heterocycles. The zero-order valence-corrected chi connectivity index (χ0v) is 21.0. The zero-order valence-electron chi connectivity index (χ0n) is 21.0. The third-order valence-corrected chi connectivity index (χ3v) is 8.33. The SMILES string of the molecule is CCCCCCC[C@H]1CC[C@@H]2CC(c3ccc(C(=O)Oc4ccc(C#N)c(F)c4)cc3)CC[C@H]2C1. The van der Waals surface area contributed by atoms with Crippen molar-refractivity contribution < 1.29 is 13.9 Å². The first kappa shape index (κ1) is 25.4. The van der Waals surface area contributed by atoms with Crippen LogP contribution in [0.4, 0.5) is 4.39 Å². The summed E-state index contributed by atoms with van der Waals surface area (Å²) in [7, 11) is 0. The van der Waals surface area contributed by atoms with Gasteiger partial charge in [-0.25, -0.2) is 9.18 Å². The molecular weight excluding hydrogens is 437 g/mol. The Labute approximate surface area is 209 Å². The van der Waals surface area contributed by atoms with Crippen molar-refractivity contribution in [2.45, 2.75) is 89.9 Å². The van der Waals surface area contributed by atoms with Gasteiger partial charge >= 0.3 is 5.97 Å². The minimum Gasteiger partial charge on any atom is -0.423 e. The third kappa shape index (κ3) is 6.72. The summed E-state index contributed by atoms with van der Waals surface area (Å²) < 4.78 is 19.1. The predicted molar refractivity (Wildman–Crippen MR) is 137 cm³/mol. The van der Waals surface area contributed by atoms with Gasteiger partial charge in [-0.05, 0) is 85.6 Å². The molecule has 0 heterocycles. The molecule has 0 bridgehead atoms. The van der Waals surface area contributed by atoms with E-state index in [1.165, 1.54) is 94.7 Å². The number of nitrogens with zero attached hydrogens (tertiary/aromatic N) is 1.